The fourth-order valence-electron chi connectivity index (χ4n) is 3.17. The molecule has 158 valence electrons. The number of nitrogens with zero attached hydrogens (tertiary/aromatic N) is 4. The van der Waals surface area contributed by atoms with Crippen molar-refractivity contribution in [3.8, 4) is 0 Å². The van der Waals surface area contributed by atoms with Gasteiger partial charge in [-0.25, -0.2) is 18.4 Å². The number of fused-ring (bicyclic) bond motifs is 1. The molecule has 2 heterocycles. The maximum absolute atomic E-state index is 12.8. The number of sulfonamides is 1. The van der Waals surface area contributed by atoms with E-state index in [1.54, 1.807) is 35.2 Å². The highest BCUT2D eigenvalue weighted by Crippen LogP contribution is 2.30. The van der Waals surface area contributed by atoms with E-state index in [1.807, 2.05) is 19.9 Å². The summed E-state index contributed by atoms with van der Waals surface area (Å²) in [5.74, 6) is 1.18. The molecule has 0 aliphatic heterocycles. The molecule has 29 heavy (non-hydrogen) atoms. The van der Waals surface area contributed by atoms with E-state index in [0.29, 0.717) is 29.4 Å². The van der Waals surface area contributed by atoms with Gasteiger partial charge in [0.15, 0.2) is 5.16 Å². The van der Waals surface area contributed by atoms with E-state index >= 15 is 0 Å². The minimum absolute atomic E-state index is 0.298. The summed E-state index contributed by atoms with van der Waals surface area (Å²) >= 11 is 3.34. The summed E-state index contributed by atoms with van der Waals surface area (Å²) in [6, 6.07) is 5.25. The van der Waals surface area contributed by atoms with Gasteiger partial charge in [-0.3, -0.25) is 0 Å². The van der Waals surface area contributed by atoms with Gasteiger partial charge in [-0.1, -0.05) is 39.5 Å². The van der Waals surface area contributed by atoms with Gasteiger partial charge in [0.2, 0.25) is 10.0 Å². The third kappa shape index (κ3) is 4.52. The first-order valence-corrected chi connectivity index (χ1v) is 13.2. The molecule has 0 radical (unpaired) electrons. The van der Waals surface area contributed by atoms with Crippen LogP contribution in [0.1, 0.15) is 51.2 Å². The Kier molecular flexibility index (Phi) is 7.03. The quantitative estimate of drug-likeness (QED) is 0.429. The van der Waals surface area contributed by atoms with Crippen LogP contribution in [-0.4, -0.2) is 40.3 Å². The van der Waals surface area contributed by atoms with E-state index in [0.717, 1.165) is 33.7 Å². The lowest BCUT2D eigenvalue weighted by Crippen LogP contribution is -2.30. The molecule has 2 aromatic heterocycles. The lowest BCUT2D eigenvalue weighted by atomic mass is 10.2. The molecule has 3 aromatic rings. The van der Waals surface area contributed by atoms with Crippen LogP contribution in [0.2, 0.25) is 0 Å². The van der Waals surface area contributed by atoms with E-state index in [9.17, 15) is 8.42 Å². The molecule has 0 unspecified atom stereocenters. The number of thioether (sulfide) groups is 1. The monoisotopic (exact) mass is 452 g/mol. The van der Waals surface area contributed by atoms with Crippen molar-refractivity contribution in [2.45, 2.75) is 62.9 Å². The molecule has 0 fully saturated rings. The third-order valence-corrected chi connectivity index (χ3v) is 9.01. The molecule has 1 aromatic carbocycles. The van der Waals surface area contributed by atoms with E-state index < -0.39 is 10.0 Å². The van der Waals surface area contributed by atoms with E-state index in [-0.39, 0.29) is 0 Å². The summed E-state index contributed by atoms with van der Waals surface area (Å²) in [5.41, 5.74) is 2.72. The summed E-state index contributed by atoms with van der Waals surface area (Å²) in [6.07, 6.45) is 0. The molecule has 0 saturated heterocycles. The van der Waals surface area contributed by atoms with Crippen LogP contribution in [0.15, 0.2) is 33.6 Å². The zero-order valence-corrected chi connectivity index (χ0v) is 20.0. The largest absolute Gasteiger partial charge is 0.319 e. The first-order valence-electron chi connectivity index (χ1n) is 9.89. The van der Waals surface area contributed by atoms with Gasteiger partial charge in [-0.05, 0) is 25.1 Å². The van der Waals surface area contributed by atoms with Gasteiger partial charge >= 0.3 is 0 Å². The average Bonchev–Trinajstić information content (AvgIpc) is 3.30. The van der Waals surface area contributed by atoms with Crippen molar-refractivity contribution in [1.29, 1.82) is 0 Å². The number of benzene rings is 1. The predicted molar refractivity (Wildman–Crippen MR) is 121 cm³/mol. The number of thiazole rings is 1. The van der Waals surface area contributed by atoms with Crippen molar-refractivity contribution >= 4 is 44.2 Å². The summed E-state index contributed by atoms with van der Waals surface area (Å²) in [4.78, 5) is 9.74. The van der Waals surface area contributed by atoms with Gasteiger partial charge < -0.3 is 4.57 Å². The summed E-state index contributed by atoms with van der Waals surface area (Å²) < 4.78 is 29.3. The Bertz CT molecular complexity index is 1080. The summed E-state index contributed by atoms with van der Waals surface area (Å²) in [5, 5.41) is 4.14. The number of hydrogen-bond donors (Lipinski definition) is 0. The van der Waals surface area contributed by atoms with Crippen LogP contribution in [-0.2, 0) is 22.3 Å². The van der Waals surface area contributed by atoms with Crippen LogP contribution in [0, 0.1) is 0 Å². The zero-order chi connectivity index (χ0) is 21.2. The molecule has 0 N–H and O–H groups in total. The van der Waals surface area contributed by atoms with Crippen LogP contribution in [0.3, 0.4) is 0 Å². The fraction of sp³-hybridized carbons (Fsp3) is 0.500. The normalized spacial score (nSPS) is 12.5. The molecule has 6 nitrogen and oxygen atoms in total. The molecule has 0 atom stereocenters. The van der Waals surface area contributed by atoms with Gasteiger partial charge in [0.05, 0.1) is 26.6 Å². The maximum atomic E-state index is 12.8. The molecule has 3 rings (SSSR count). The van der Waals surface area contributed by atoms with Crippen molar-refractivity contribution in [1.82, 2.24) is 18.8 Å². The molecule has 0 spiro atoms. The lowest BCUT2D eigenvalue weighted by molar-refractivity contribution is 0.445. The molecule has 9 heteroatoms. The third-order valence-electron chi connectivity index (χ3n) is 4.76. The Labute approximate surface area is 181 Å². The van der Waals surface area contributed by atoms with Crippen molar-refractivity contribution in [3.63, 3.8) is 0 Å². The van der Waals surface area contributed by atoms with Crippen molar-refractivity contribution in [3.05, 3.63) is 34.3 Å². The SMILES string of the molecule is CCN(CC)S(=O)(=O)c1ccc2c(c1)nc(SCc1csc(C(C)C)n1)n2CC. The molecule has 0 amide bonds. The highest BCUT2D eigenvalue weighted by molar-refractivity contribution is 7.98. The van der Waals surface area contributed by atoms with Crippen molar-refractivity contribution in [2.75, 3.05) is 13.1 Å². The van der Waals surface area contributed by atoms with Crippen molar-refractivity contribution < 1.29 is 8.42 Å². The predicted octanol–water partition coefficient (Wildman–Crippen LogP) is 4.96. The van der Waals surface area contributed by atoms with Crippen LogP contribution < -0.4 is 0 Å². The van der Waals surface area contributed by atoms with Crippen LogP contribution in [0.25, 0.3) is 11.0 Å². The van der Waals surface area contributed by atoms with Crippen LogP contribution in [0.5, 0.6) is 0 Å². The molecule has 0 aliphatic rings. The van der Waals surface area contributed by atoms with Gasteiger partial charge in [-0.2, -0.15) is 4.31 Å². The van der Waals surface area contributed by atoms with E-state index in [4.69, 9.17) is 9.97 Å². The average molecular weight is 453 g/mol. The Morgan fingerprint density at radius 3 is 2.48 bits per heavy atom. The minimum Gasteiger partial charge on any atom is -0.319 e. The summed E-state index contributed by atoms with van der Waals surface area (Å²) in [7, 11) is -3.50. The molecule has 0 aliphatic carbocycles. The smallest absolute Gasteiger partial charge is 0.243 e. The van der Waals surface area contributed by atoms with Gasteiger partial charge in [0.1, 0.15) is 0 Å². The van der Waals surface area contributed by atoms with Crippen LogP contribution >= 0.6 is 23.1 Å². The Balaban J connectivity index is 1.90. The number of rotatable bonds is 9. The van der Waals surface area contributed by atoms with Gasteiger partial charge in [0.25, 0.3) is 0 Å². The first kappa shape index (κ1) is 22.3. The second-order valence-electron chi connectivity index (χ2n) is 7.00. The Hall–Kier alpha value is -1.42. The van der Waals surface area contributed by atoms with E-state index in [1.165, 1.54) is 4.31 Å². The fourth-order valence-corrected chi connectivity index (χ4v) is 6.56. The van der Waals surface area contributed by atoms with E-state index in [2.05, 4.69) is 30.7 Å². The molecule has 0 bridgehead atoms. The topological polar surface area (TPSA) is 68.1 Å². The van der Waals surface area contributed by atoms with Gasteiger partial charge in [0, 0.05) is 36.7 Å². The number of hydrogen-bond acceptors (Lipinski definition) is 6. The second-order valence-corrected chi connectivity index (χ2v) is 10.8. The lowest BCUT2D eigenvalue weighted by Gasteiger charge is -2.18. The zero-order valence-electron chi connectivity index (χ0n) is 17.5. The van der Waals surface area contributed by atoms with Crippen molar-refractivity contribution in [2.24, 2.45) is 0 Å². The highest BCUT2D eigenvalue weighted by atomic mass is 32.2. The molecular formula is C20H28N4O2S3. The Morgan fingerprint density at radius 1 is 1.17 bits per heavy atom. The van der Waals surface area contributed by atoms with Crippen LogP contribution in [0.4, 0.5) is 0 Å². The maximum Gasteiger partial charge on any atom is 0.243 e. The standard InChI is InChI=1S/C20H28N4O2S3/c1-6-23(7-2)29(25,26)16-9-10-18-17(11-16)22-20(24(18)8-3)28-13-15-12-27-19(21-15)14(4)5/h9-12,14H,6-8,13H2,1-5H3. The molecule has 0 saturated carbocycles. The highest BCUT2D eigenvalue weighted by Gasteiger charge is 2.23. The van der Waals surface area contributed by atoms with Gasteiger partial charge in [-0.15, -0.1) is 11.3 Å². The number of aryl methyl sites for hydroxylation is 1. The second kappa shape index (κ2) is 9.16. The summed E-state index contributed by atoms with van der Waals surface area (Å²) in [6.45, 7) is 11.8. The Morgan fingerprint density at radius 2 is 1.90 bits per heavy atom. The minimum atomic E-state index is -3.50. The number of aromatic nitrogens is 3. The molecular weight excluding hydrogens is 424 g/mol. The first-order chi connectivity index (χ1) is 13.8. The number of imidazole rings is 1.